The van der Waals surface area contributed by atoms with Crippen LogP contribution < -0.4 is 5.73 Å². The van der Waals surface area contributed by atoms with Crippen LogP contribution in [-0.4, -0.2) is 0 Å². The first kappa shape index (κ1) is 9.86. The molecule has 0 amide bonds. The molecular weight excluding hydrogens is 199 g/mol. The zero-order valence-corrected chi connectivity index (χ0v) is 8.64. The molecule has 1 aromatic rings. The standard InChI is InChI=1S/C8H9N.Y/c1-6-3-4-8(9)5-7(6)2;/h3-5H,1-2,9H2;/q-2;. The van der Waals surface area contributed by atoms with Gasteiger partial charge in [0.05, 0.1) is 0 Å². The van der Waals surface area contributed by atoms with Gasteiger partial charge in [-0.15, -0.1) is 6.07 Å². The van der Waals surface area contributed by atoms with E-state index in [1.807, 2.05) is 18.2 Å². The molecule has 0 heterocycles. The van der Waals surface area contributed by atoms with Gasteiger partial charge in [-0.2, -0.15) is 6.07 Å². The van der Waals surface area contributed by atoms with Gasteiger partial charge in [0, 0.05) is 32.7 Å². The molecule has 0 aliphatic carbocycles. The molecule has 51 valence electrons. The molecule has 0 aromatic heterocycles. The van der Waals surface area contributed by atoms with Crippen molar-refractivity contribution in [1.82, 2.24) is 0 Å². The summed E-state index contributed by atoms with van der Waals surface area (Å²) in [5, 5.41) is 0. The molecule has 0 fully saturated rings. The van der Waals surface area contributed by atoms with Gasteiger partial charge in [0.2, 0.25) is 0 Å². The van der Waals surface area contributed by atoms with Crippen molar-refractivity contribution < 1.29 is 32.7 Å². The van der Waals surface area contributed by atoms with Crippen molar-refractivity contribution in [2.45, 2.75) is 0 Å². The molecule has 2 N–H and O–H groups in total. The van der Waals surface area contributed by atoms with Gasteiger partial charge in [-0.1, -0.05) is 5.69 Å². The van der Waals surface area contributed by atoms with Gasteiger partial charge in [-0.3, -0.25) is 25.0 Å². The minimum Gasteiger partial charge on any atom is -0.410 e. The number of nitrogens with two attached hydrogens (primary N) is 1. The zero-order chi connectivity index (χ0) is 6.85. The van der Waals surface area contributed by atoms with Crippen molar-refractivity contribution in [3.63, 3.8) is 0 Å². The molecule has 0 aliphatic heterocycles. The van der Waals surface area contributed by atoms with Gasteiger partial charge in [-0.25, -0.2) is 6.07 Å². The summed E-state index contributed by atoms with van der Waals surface area (Å²) < 4.78 is 0. The molecule has 0 unspecified atom stereocenters. The molecule has 1 aromatic carbocycles. The summed E-state index contributed by atoms with van der Waals surface area (Å²) in [7, 11) is 0. The Morgan fingerprint density at radius 1 is 1.10 bits per heavy atom. The number of hydrogen-bond donors (Lipinski definition) is 1. The second-order valence-electron chi connectivity index (χ2n) is 2.03. The number of anilines is 1. The van der Waals surface area contributed by atoms with Gasteiger partial charge in [0.25, 0.3) is 0 Å². The van der Waals surface area contributed by atoms with Gasteiger partial charge in [-0.05, 0) is 0 Å². The van der Waals surface area contributed by atoms with Crippen molar-refractivity contribution in [3.05, 3.63) is 43.2 Å². The number of benzene rings is 1. The molecule has 1 radical (unpaired) electrons. The van der Waals surface area contributed by atoms with Gasteiger partial charge < -0.3 is 5.73 Å². The molecule has 0 aliphatic rings. The van der Waals surface area contributed by atoms with E-state index in [-0.39, 0.29) is 32.7 Å². The minimum absolute atomic E-state index is 0. The van der Waals surface area contributed by atoms with Crippen molar-refractivity contribution in [2.24, 2.45) is 0 Å². The third kappa shape index (κ3) is 2.24. The Kier molecular flexibility index (Phi) is 3.84. The first-order valence-electron chi connectivity index (χ1n) is 2.73. The van der Waals surface area contributed by atoms with Gasteiger partial charge >= 0.3 is 0 Å². The fourth-order valence-corrected chi connectivity index (χ4v) is 0.646. The van der Waals surface area contributed by atoms with Gasteiger partial charge in [0.15, 0.2) is 0 Å². The topological polar surface area (TPSA) is 26.0 Å². The fraction of sp³-hybridized carbons (Fsp3) is 0. The maximum Gasteiger partial charge on any atom is 0 e. The van der Waals surface area contributed by atoms with E-state index in [1.54, 1.807) is 0 Å². The largest absolute Gasteiger partial charge is 0.410 e. The van der Waals surface area contributed by atoms with Crippen LogP contribution in [0.4, 0.5) is 5.69 Å². The molecule has 2 heteroatoms. The quantitative estimate of drug-likeness (QED) is 0.509. The van der Waals surface area contributed by atoms with E-state index in [0.717, 1.165) is 16.8 Å². The average molecular weight is 208 g/mol. The smallest absolute Gasteiger partial charge is 0 e. The van der Waals surface area contributed by atoms with Crippen LogP contribution in [0.1, 0.15) is 11.1 Å². The van der Waals surface area contributed by atoms with Crippen LogP contribution in [0.25, 0.3) is 0 Å². The molecule has 1 nitrogen and oxygen atoms in total. The maximum absolute atomic E-state index is 5.46. The predicted octanol–water partition coefficient (Wildman–Crippen LogP) is 1.63. The third-order valence-corrected chi connectivity index (χ3v) is 1.23. The normalized spacial score (nSPS) is 8.40. The molecule has 0 saturated heterocycles. The summed E-state index contributed by atoms with van der Waals surface area (Å²) in [6.45, 7) is 7.48. The summed E-state index contributed by atoms with van der Waals surface area (Å²) in [4.78, 5) is 0. The van der Waals surface area contributed by atoms with E-state index < -0.39 is 0 Å². The van der Waals surface area contributed by atoms with Crippen LogP contribution in [0.2, 0.25) is 0 Å². The molecule has 10 heavy (non-hydrogen) atoms. The Labute approximate surface area is 86.9 Å². The summed E-state index contributed by atoms with van der Waals surface area (Å²) in [5.41, 5.74) is 8.04. The van der Waals surface area contributed by atoms with Crippen LogP contribution in [0.5, 0.6) is 0 Å². The average Bonchev–Trinajstić information content (AvgIpc) is 1.80. The van der Waals surface area contributed by atoms with Crippen molar-refractivity contribution in [3.8, 4) is 0 Å². The Morgan fingerprint density at radius 3 is 2.10 bits per heavy atom. The van der Waals surface area contributed by atoms with E-state index in [4.69, 9.17) is 5.73 Å². The van der Waals surface area contributed by atoms with Crippen LogP contribution in [0.3, 0.4) is 0 Å². The monoisotopic (exact) mass is 208 g/mol. The van der Waals surface area contributed by atoms with Crippen LogP contribution in [0.15, 0.2) is 18.2 Å². The van der Waals surface area contributed by atoms with Crippen molar-refractivity contribution in [1.29, 1.82) is 0 Å². The minimum atomic E-state index is 0. The van der Waals surface area contributed by atoms with E-state index >= 15 is 0 Å². The Bertz CT molecular complexity index is 220. The van der Waals surface area contributed by atoms with Crippen molar-refractivity contribution in [2.75, 3.05) is 5.73 Å². The first-order valence-corrected chi connectivity index (χ1v) is 2.73. The predicted molar refractivity (Wildman–Crippen MR) is 39.8 cm³/mol. The molecule has 0 bridgehead atoms. The van der Waals surface area contributed by atoms with E-state index in [9.17, 15) is 0 Å². The summed E-state index contributed by atoms with van der Waals surface area (Å²) >= 11 is 0. The summed E-state index contributed by atoms with van der Waals surface area (Å²) in [6.07, 6.45) is 0. The molecule has 0 saturated carbocycles. The second-order valence-corrected chi connectivity index (χ2v) is 2.03. The van der Waals surface area contributed by atoms with E-state index in [0.29, 0.717) is 0 Å². The SMILES string of the molecule is [CH2-]c1ccc(N)cc1[CH2-].[Y]. The summed E-state index contributed by atoms with van der Waals surface area (Å²) in [6, 6.07) is 5.48. The van der Waals surface area contributed by atoms with Crippen molar-refractivity contribution >= 4 is 5.69 Å². The Balaban J connectivity index is 0.000000810. The number of rotatable bonds is 0. The molecule has 0 spiro atoms. The number of nitrogen functional groups attached to an aromatic ring is 1. The fourth-order valence-electron chi connectivity index (χ4n) is 0.646. The summed E-state index contributed by atoms with van der Waals surface area (Å²) in [5.74, 6) is 0. The van der Waals surface area contributed by atoms with E-state index in [1.165, 1.54) is 0 Å². The molecule has 0 atom stereocenters. The zero-order valence-electron chi connectivity index (χ0n) is 5.80. The third-order valence-electron chi connectivity index (χ3n) is 1.23. The maximum atomic E-state index is 5.46. The van der Waals surface area contributed by atoms with Crippen LogP contribution in [-0.2, 0) is 32.7 Å². The van der Waals surface area contributed by atoms with E-state index in [2.05, 4.69) is 13.8 Å². The van der Waals surface area contributed by atoms with Crippen LogP contribution in [0, 0.1) is 13.8 Å². The molecule has 1 rings (SSSR count). The van der Waals surface area contributed by atoms with Crippen LogP contribution >= 0.6 is 0 Å². The Morgan fingerprint density at radius 2 is 1.70 bits per heavy atom. The number of hydrogen-bond acceptors (Lipinski definition) is 1. The Hall–Kier alpha value is -0.136. The first-order chi connectivity index (χ1) is 4.20. The van der Waals surface area contributed by atoms with Gasteiger partial charge in [0.1, 0.15) is 0 Å². The molecular formula is C8H9NY-2. The second kappa shape index (κ2) is 3.89.